The third kappa shape index (κ3) is 7.17. The van der Waals surface area contributed by atoms with Crippen LogP contribution in [0.3, 0.4) is 0 Å². The molecule has 0 radical (unpaired) electrons. The fourth-order valence-corrected chi connectivity index (χ4v) is 11.7. The molecule has 11 rings (SSSR count). The first kappa shape index (κ1) is 45.2. The van der Waals surface area contributed by atoms with Crippen LogP contribution in [0.4, 0.5) is 22.9 Å². The SMILES string of the molecule is Cc1cc(C)c(N2C(c3cc(Oc4ccc5c(c4)N(c4cc(C(C)(C)C)ccn4)c4ccccc4C5(C)C)cc(-c4ccccn4)c3)=N[C@]3(C)c4cc(C)c(C)cc4-c4cc(C)c(C)cc4[C@H]23)c(C)c1. The van der Waals surface area contributed by atoms with Crippen molar-refractivity contribution >= 4 is 28.7 Å². The Balaban J connectivity index is 1.12. The molecule has 2 aliphatic heterocycles. The molecule has 2 aromatic heterocycles. The average molecular weight is 918 g/mol. The second-order valence-electron chi connectivity index (χ2n) is 22.0. The van der Waals surface area contributed by atoms with Crippen LogP contribution in [-0.4, -0.2) is 15.8 Å². The second-order valence-corrected chi connectivity index (χ2v) is 22.0. The zero-order valence-corrected chi connectivity index (χ0v) is 43.0. The first-order valence-electron chi connectivity index (χ1n) is 24.8. The Kier molecular flexibility index (Phi) is 10.4. The van der Waals surface area contributed by atoms with E-state index in [1.165, 1.54) is 83.6 Å². The van der Waals surface area contributed by atoms with Gasteiger partial charge in [0.25, 0.3) is 0 Å². The van der Waals surface area contributed by atoms with Crippen LogP contribution in [0.1, 0.15) is 120 Å². The van der Waals surface area contributed by atoms with Gasteiger partial charge in [0, 0.05) is 40.7 Å². The number of fused-ring (bicyclic) bond motifs is 8. The van der Waals surface area contributed by atoms with Crippen LogP contribution >= 0.6 is 0 Å². The minimum absolute atomic E-state index is 0.0512. The molecule has 3 aliphatic rings. The van der Waals surface area contributed by atoms with Gasteiger partial charge in [0.2, 0.25) is 0 Å². The summed E-state index contributed by atoms with van der Waals surface area (Å²) in [6.07, 6.45) is 3.80. The van der Waals surface area contributed by atoms with Gasteiger partial charge in [0.15, 0.2) is 0 Å². The van der Waals surface area contributed by atoms with Crippen LogP contribution in [0, 0.1) is 48.5 Å². The molecule has 70 heavy (non-hydrogen) atoms. The van der Waals surface area contributed by atoms with Crippen LogP contribution in [-0.2, 0) is 16.4 Å². The number of rotatable bonds is 6. The van der Waals surface area contributed by atoms with Crippen LogP contribution < -0.4 is 14.5 Å². The molecule has 0 fully saturated rings. The van der Waals surface area contributed by atoms with Crippen molar-refractivity contribution in [2.75, 3.05) is 9.80 Å². The van der Waals surface area contributed by atoms with Gasteiger partial charge in [-0.05, 0) is 188 Å². The Morgan fingerprint density at radius 3 is 1.94 bits per heavy atom. The van der Waals surface area contributed by atoms with Crippen LogP contribution in [0.2, 0.25) is 0 Å². The maximum Gasteiger partial charge on any atom is 0.137 e. The van der Waals surface area contributed by atoms with Gasteiger partial charge in [-0.15, -0.1) is 0 Å². The van der Waals surface area contributed by atoms with Crippen molar-refractivity contribution in [3.05, 3.63) is 212 Å². The van der Waals surface area contributed by atoms with E-state index in [0.29, 0.717) is 5.75 Å². The predicted octanol–water partition coefficient (Wildman–Crippen LogP) is 16.4. The van der Waals surface area contributed by atoms with E-state index in [2.05, 4.69) is 215 Å². The quantitative estimate of drug-likeness (QED) is 0.166. The Morgan fingerprint density at radius 2 is 1.21 bits per heavy atom. The number of pyridine rings is 2. The number of hydrogen-bond acceptors (Lipinski definition) is 6. The molecule has 0 spiro atoms. The molecule has 2 atom stereocenters. The first-order valence-corrected chi connectivity index (χ1v) is 24.8. The van der Waals surface area contributed by atoms with Crippen molar-refractivity contribution in [3.8, 4) is 33.9 Å². The predicted molar refractivity (Wildman–Crippen MR) is 290 cm³/mol. The zero-order chi connectivity index (χ0) is 49.2. The topological polar surface area (TPSA) is 53.9 Å². The van der Waals surface area contributed by atoms with Gasteiger partial charge < -0.3 is 9.64 Å². The van der Waals surface area contributed by atoms with Gasteiger partial charge in [-0.1, -0.05) is 107 Å². The highest BCUT2D eigenvalue weighted by Crippen LogP contribution is 2.59. The van der Waals surface area contributed by atoms with Crippen molar-refractivity contribution in [1.29, 1.82) is 0 Å². The molecule has 0 amide bonds. The minimum atomic E-state index is -0.632. The molecule has 6 aromatic carbocycles. The van der Waals surface area contributed by atoms with Crippen molar-refractivity contribution in [2.24, 2.45) is 4.99 Å². The van der Waals surface area contributed by atoms with E-state index in [0.717, 1.165) is 45.6 Å². The molecule has 0 bridgehead atoms. The van der Waals surface area contributed by atoms with Gasteiger partial charge >= 0.3 is 0 Å². The molecule has 0 N–H and O–H groups in total. The fraction of sp³-hybridized carbons (Fsp3) is 0.266. The number of hydrogen-bond donors (Lipinski definition) is 0. The monoisotopic (exact) mass is 918 g/mol. The summed E-state index contributed by atoms with van der Waals surface area (Å²) in [7, 11) is 0. The lowest BCUT2D eigenvalue weighted by Gasteiger charge is -2.43. The molecular weight excluding hydrogens is 855 g/mol. The number of para-hydroxylation sites is 1. The number of aliphatic imine (C=N–C) groups is 1. The molecule has 4 heterocycles. The maximum atomic E-state index is 7.20. The van der Waals surface area contributed by atoms with E-state index in [1.807, 2.05) is 24.5 Å². The van der Waals surface area contributed by atoms with Crippen LogP contribution in [0.5, 0.6) is 11.5 Å². The zero-order valence-electron chi connectivity index (χ0n) is 43.0. The van der Waals surface area contributed by atoms with E-state index in [-0.39, 0.29) is 16.9 Å². The standard InChI is InChI=1S/C64H63N5O/c1-37-26-42(6)59(43(7)27-37)69-60-51-30-40(4)38(2)28-49(51)50-29-39(3)41(5)31-54(50)64(60,13)67-61(69)45-32-44(55-19-16-17-24-65-55)33-48(34-45)70-47-21-22-53-57(36-47)68(56-20-15-14-18-52(56)63(53,11)12)58-35-46(23-25-66-58)62(8,9)10/h14-36,60H,1-13H3/t60-,64+/m0/s1. The highest BCUT2D eigenvalue weighted by atomic mass is 16.5. The third-order valence-electron chi connectivity index (χ3n) is 15.6. The molecule has 0 unspecified atom stereocenters. The average Bonchev–Trinajstić information content (AvgIpc) is 3.63. The van der Waals surface area contributed by atoms with Gasteiger partial charge in [0.1, 0.15) is 28.7 Å². The number of ether oxygens (including phenoxy) is 1. The van der Waals surface area contributed by atoms with Crippen molar-refractivity contribution in [3.63, 3.8) is 0 Å². The molecule has 0 saturated carbocycles. The molecule has 8 aromatic rings. The number of amidine groups is 1. The van der Waals surface area contributed by atoms with Crippen molar-refractivity contribution < 1.29 is 4.74 Å². The molecule has 350 valence electrons. The number of aromatic nitrogens is 2. The van der Waals surface area contributed by atoms with E-state index >= 15 is 0 Å². The Morgan fingerprint density at radius 1 is 0.543 bits per heavy atom. The highest BCUT2D eigenvalue weighted by Gasteiger charge is 2.53. The second kappa shape index (κ2) is 16.1. The smallest absolute Gasteiger partial charge is 0.137 e. The molecule has 6 heteroatoms. The Labute approximate surface area is 414 Å². The largest absolute Gasteiger partial charge is 0.457 e. The Bertz CT molecular complexity index is 3460. The maximum absolute atomic E-state index is 7.20. The van der Waals surface area contributed by atoms with E-state index in [1.54, 1.807) is 0 Å². The summed E-state index contributed by atoms with van der Waals surface area (Å²) < 4.78 is 7.20. The lowest BCUT2D eigenvalue weighted by Crippen LogP contribution is -2.40. The summed E-state index contributed by atoms with van der Waals surface area (Å²) in [6.45, 7) is 29.4. The van der Waals surface area contributed by atoms with E-state index in [9.17, 15) is 0 Å². The van der Waals surface area contributed by atoms with Crippen LogP contribution in [0.25, 0.3) is 22.4 Å². The van der Waals surface area contributed by atoms with E-state index in [4.69, 9.17) is 19.7 Å². The number of aryl methyl sites for hydroxylation is 7. The van der Waals surface area contributed by atoms with Gasteiger partial charge in [-0.3, -0.25) is 14.9 Å². The highest BCUT2D eigenvalue weighted by molar-refractivity contribution is 6.14. The third-order valence-corrected chi connectivity index (χ3v) is 15.6. The lowest BCUT2D eigenvalue weighted by atomic mass is 9.69. The van der Waals surface area contributed by atoms with Gasteiger partial charge in [-0.2, -0.15) is 0 Å². The number of benzene rings is 6. The lowest BCUT2D eigenvalue weighted by molar-refractivity contribution is 0.423. The summed E-state index contributed by atoms with van der Waals surface area (Å²) in [6, 6.07) is 46.4. The normalized spacial score (nSPS) is 17.6. The molecular formula is C64H63N5O. The molecule has 1 aliphatic carbocycles. The Hall–Kier alpha value is -7.31. The molecule has 0 saturated heterocycles. The van der Waals surface area contributed by atoms with E-state index < -0.39 is 5.54 Å². The summed E-state index contributed by atoms with van der Waals surface area (Å²) in [4.78, 5) is 20.8. The summed E-state index contributed by atoms with van der Waals surface area (Å²) >= 11 is 0. The van der Waals surface area contributed by atoms with Crippen molar-refractivity contribution in [2.45, 2.75) is 112 Å². The molecule has 6 nitrogen and oxygen atoms in total. The van der Waals surface area contributed by atoms with Gasteiger partial charge in [0.05, 0.1) is 23.1 Å². The minimum Gasteiger partial charge on any atom is -0.457 e. The first-order chi connectivity index (χ1) is 33.3. The number of anilines is 4. The fourth-order valence-electron chi connectivity index (χ4n) is 11.7. The summed E-state index contributed by atoms with van der Waals surface area (Å²) in [5.74, 6) is 3.21. The number of nitrogens with zero attached hydrogens (tertiary/aromatic N) is 5. The van der Waals surface area contributed by atoms with Crippen molar-refractivity contribution in [1.82, 2.24) is 9.97 Å². The summed E-state index contributed by atoms with van der Waals surface area (Å²) in [5, 5.41) is 0. The van der Waals surface area contributed by atoms with Crippen LogP contribution in [0.15, 0.2) is 145 Å². The van der Waals surface area contributed by atoms with Gasteiger partial charge in [-0.25, -0.2) is 4.98 Å². The summed E-state index contributed by atoms with van der Waals surface area (Å²) in [5.41, 5.74) is 22.7.